The van der Waals surface area contributed by atoms with Gasteiger partial charge in [0, 0.05) is 12.5 Å². The molecule has 3 heteroatoms. The van der Waals surface area contributed by atoms with Crippen molar-refractivity contribution in [2.24, 2.45) is 0 Å². The standard InChI is InChI=1S/C13H28ClNO/c1-2-3-4-5-6-7-10-15-11-8-12-16-13-9-14/h15H,2-13H2,1H3. The highest BCUT2D eigenvalue weighted by Crippen LogP contribution is 2.03. The SMILES string of the molecule is CCCCCCCCNCCCOCCCl. The van der Waals surface area contributed by atoms with Gasteiger partial charge in [0.15, 0.2) is 0 Å². The summed E-state index contributed by atoms with van der Waals surface area (Å²) in [5.41, 5.74) is 0. The Morgan fingerprint density at radius 2 is 1.56 bits per heavy atom. The molecular weight excluding hydrogens is 222 g/mol. The van der Waals surface area contributed by atoms with Crippen LogP contribution in [0.3, 0.4) is 0 Å². The smallest absolute Gasteiger partial charge is 0.0601 e. The molecule has 0 rings (SSSR count). The van der Waals surface area contributed by atoms with Gasteiger partial charge in [-0.15, -0.1) is 11.6 Å². The fourth-order valence-corrected chi connectivity index (χ4v) is 1.72. The zero-order valence-electron chi connectivity index (χ0n) is 10.8. The molecule has 0 bridgehead atoms. The Morgan fingerprint density at radius 1 is 0.875 bits per heavy atom. The number of ether oxygens (including phenoxy) is 1. The molecule has 0 unspecified atom stereocenters. The molecule has 0 aliphatic carbocycles. The van der Waals surface area contributed by atoms with Crippen molar-refractivity contribution < 1.29 is 4.74 Å². The van der Waals surface area contributed by atoms with E-state index in [0.717, 1.165) is 26.1 Å². The highest BCUT2D eigenvalue weighted by molar-refractivity contribution is 6.17. The second-order valence-electron chi connectivity index (χ2n) is 4.17. The van der Waals surface area contributed by atoms with Crippen molar-refractivity contribution in [3.05, 3.63) is 0 Å². The summed E-state index contributed by atoms with van der Waals surface area (Å²) in [4.78, 5) is 0. The first-order valence-electron chi connectivity index (χ1n) is 6.76. The average molecular weight is 250 g/mol. The van der Waals surface area contributed by atoms with Crippen molar-refractivity contribution in [3.63, 3.8) is 0 Å². The third-order valence-electron chi connectivity index (χ3n) is 2.57. The van der Waals surface area contributed by atoms with Crippen LogP contribution in [0.25, 0.3) is 0 Å². The predicted molar refractivity (Wildman–Crippen MR) is 72.4 cm³/mol. The van der Waals surface area contributed by atoms with Gasteiger partial charge in [0.05, 0.1) is 6.61 Å². The van der Waals surface area contributed by atoms with Crippen molar-refractivity contribution in [1.29, 1.82) is 0 Å². The van der Waals surface area contributed by atoms with Gasteiger partial charge in [0.2, 0.25) is 0 Å². The lowest BCUT2D eigenvalue weighted by Crippen LogP contribution is -2.18. The van der Waals surface area contributed by atoms with E-state index in [4.69, 9.17) is 16.3 Å². The summed E-state index contributed by atoms with van der Waals surface area (Å²) in [7, 11) is 0. The summed E-state index contributed by atoms with van der Waals surface area (Å²) in [6.07, 6.45) is 9.30. The van der Waals surface area contributed by atoms with Crippen molar-refractivity contribution in [3.8, 4) is 0 Å². The normalized spacial score (nSPS) is 10.9. The van der Waals surface area contributed by atoms with Gasteiger partial charge < -0.3 is 10.1 Å². The molecule has 0 amide bonds. The van der Waals surface area contributed by atoms with Crippen LogP contribution in [-0.4, -0.2) is 32.2 Å². The van der Waals surface area contributed by atoms with E-state index in [1.54, 1.807) is 0 Å². The van der Waals surface area contributed by atoms with Crippen molar-refractivity contribution >= 4 is 11.6 Å². The molecule has 0 spiro atoms. The molecule has 0 aromatic carbocycles. The van der Waals surface area contributed by atoms with Crippen LogP contribution in [0.15, 0.2) is 0 Å². The molecule has 0 aliphatic heterocycles. The molecule has 0 aliphatic rings. The predicted octanol–water partition coefficient (Wildman–Crippen LogP) is 3.58. The van der Waals surface area contributed by atoms with Crippen molar-refractivity contribution in [2.45, 2.75) is 51.9 Å². The second kappa shape index (κ2) is 15.2. The topological polar surface area (TPSA) is 21.3 Å². The minimum atomic E-state index is 0.602. The molecule has 0 fully saturated rings. The molecule has 0 radical (unpaired) electrons. The van der Waals surface area contributed by atoms with Crippen LogP contribution in [0.2, 0.25) is 0 Å². The van der Waals surface area contributed by atoms with Crippen LogP contribution in [-0.2, 0) is 4.74 Å². The minimum absolute atomic E-state index is 0.602. The maximum atomic E-state index is 5.49. The van der Waals surface area contributed by atoms with Crippen LogP contribution in [0.1, 0.15) is 51.9 Å². The molecular formula is C13H28ClNO. The lowest BCUT2D eigenvalue weighted by Gasteiger charge is -2.05. The summed E-state index contributed by atoms with van der Waals surface area (Å²) >= 11 is 5.49. The van der Waals surface area contributed by atoms with Gasteiger partial charge in [-0.3, -0.25) is 0 Å². The maximum absolute atomic E-state index is 5.49. The van der Waals surface area contributed by atoms with Gasteiger partial charge in [-0.2, -0.15) is 0 Å². The molecule has 0 saturated heterocycles. The Morgan fingerprint density at radius 3 is 2.31 bits per heavy atom. The number of hydrogen-bond donors (Lipinski definition) is 1. The first kappa shape index (κ1) is 16.2. The van der Waals surface area contributed by atoms with E-state index >= 15 is 0 Å². The molecule has 0 aromatic rings. The maximum Gasteiger partial charge on any atom is 0.0601 e. The molecule has 0 atom stereocenters. The molecule has 16 heavy (non-hydrogen) atoms. The fraction of sp³-hybridized carbons (Fsp3) is 1.00. The Balaban J connectivity index is 2.83. The van der Waals surface area contributed by atoms with Crippen LogP contribution < -0.4 is 5.32 Å². The van der Waals surface area contributed by atoms with E-state index in [2.05, 4.69) is 12.2 Å². The number of rotatable bonds is 13. The van der Waals surface area contributed by atoms with E-state index in [9.17, 15) is 0 Å². The van der Waals surface area contributed by atoms with Gasteiger partial charge in [-0.05, 0) is 25.9 Å². The molecule has 0 heterocycles. The van der Waals surface area contributed by atoms with Crippen LogP contribution >= 0.6 is 11.6 Å². The Kier molecular flexibility index (Phi) is 15.4. The van der Waals surface area contributed by atoms with E-state index in [1.807, 2.05) is 0 Å². The highest BCUT2D eigenvalue weighted by atomic mass is 35.5. The van der Waals surface area contributed by atoms with Crippen LogP contribution in [0, 0.1) is 0 Å². The third-order valence-corrected chi connectivity index (χ3v) is 2.73. The number of halogens is 1. The van der Waals surface area contributed by atoms with E-state index in [-0.39, 0.29) is 0 Å². The minimum Gasteiger partial charge on any atom is -0.380 e. The first-order valence-corrected chi connectivity index (χ1v) is 7.29. The van der Waals surface area contributed by atoms with Crippen LogP contribution in [0.4, 0.5) is 0 Å². The number of hydrogen-bond acceptors (Lipinski definition) is 2. The van der Waals surface area contributed by atoms with Gasteiger partial charge in [-0.1, -0.05) is 39.0 Å². The molecule has 2 nitrogen and oxygen atoms in total. The van der Waals surface area contributed by atoms with Gasteiger partial charge >= 0.3 is 0 Å². The Bertz CT molecular complexity index is 109. The molecule has 0 aromatic heterocycles. The quantitative estimate of drug-likeness (QED) is 0.398. The van der Waals surface area contributed by atoms with Gasteiger partial charge in [0.25, 0.3) is 0 Å². The summed E-state index contributed by atoms with van der Waals surface area (Å²) in [5.74, 6) is 0.602. The summed E-state index contributed by atoms with van der Waals surface area (Å²) in [6, 6.07) is 0. The van der Waals surface area contributed by atoms with E-state index in [1.165, 1.54) is 38.5 Å². The lowest BCUT2D eigenvalue weighted by molar-refractivity contribution is 0.146. The second-order valence-corrected chi connectivity index (χ2v) is 4.55. The van der Waals surface area contributed by atoms with Crippen molar-refractivity contribution in [1.82, 2.24) is 5.32 Å². The number of unbranched alkanes of at least 4 members (excludes halogenated alkanes) is 5. The largest absolute Gasteiger partial charge is 0.380 e. The zero-order valence-corrected chi connectivity index (χ0v) is 11.5. The summed E-state index contributed by atoms with van der Waals surface area (Å²) in [6.45, 7) is 5.99. The highest BCUT2D eigenvalue weighted by Gasteiger charge is 1.91. The Hall–Kier alpha value is 0.210. The molecule has 0 saturated carbocycles. The van der Waals surface area contributed by atoms with Gasteiger partial charge in [-0.25, -0.2) is 0 Å². The third kappa shape index (κ3) is 14.2. The molecule has 98 valence electrons. The first-order chi connectivity index (χ1) is 7.91. The van der Waals surface area contributed by atoms with E-state index in [0.29, 0.717) is 12.5 Å². The van der Waals surface area contributed by atoms with Gasteiger partial charge in [0.1, 0.15) is 0 Å². The summed E-state index contributed by atoms with van der Waals surface area (Å²) < 4.78 is 5.28. The monoisotopic (exact) mass is 249 g/mol. The lowest BCUT2D eigenvalue weighted by atomic mass is 10.1. The fourth-order valence-electron chi connectivity index (χ4n) is 1.61. The van der Waals surface area contributed by atoms with Crippen molar-refractivity contribution in [2.75, 3.05) is 32.2 Å². The zero-order chi connectivity index (χ0) is 11.9. The van der Waals surface area contributed by atoms with Crippen LogP contribution in [0.5, 0.6) is 0 Å². The average Bonchev–Trinajstić information content (AvgIpc) is 2.31. The Labute approximate surface area is 106 Å². The van der Waals surface area contributed by atoms with E-state index < -0.39 is 0 Å². The number of nitrogens with one attached hydrogen (secondary N) is 1. The number of alkyl halides is 1. The summed E-state index contributed by atoms with van der Waals surface area (Å²) in [5, 5.41) is 3.44. The molecule has 1 N–H and O–H groups in total.